The van der Waals surface area contributed by atoms with Crippen LogP contribution in [0.25, 0.3) is 21.8 Å². The maximum atomic E-state index is 13.2. The molecule has 0 aliphatic carbocycles. The number of hydrogen-bond donors (Lipinski definition) is 1. The van der Waals surface area contributed by atoms with E-state index in [4.69, 9.17) is 0 Å². The van der Waals surface area contributed by atoms with Crippen molar-refractivity contribution in [3.8, 4) is 0 Å². The Labute approximate surface area is 193 Å². The molecule has 1 aliphatic rings. The van der Waals surface area contributed by atoms with Crippen LogP contribution < -0.4 is 5.32 Å². The Kier molecular flexibility index (Phi) is 5.82. The molecule has 0 bridgehead atoms. The fourth-order valence-corrected chi connectivity index (χ4v) is 4.85. The van der Waals surface area contributed by atoms with Gasteiger partial charge in [-0.2, -0.15) is 0 Å². The maximum Gasteiger partial charge on any atom is 0.254 e. The monoisotopic (exact) mass is 440 g/mol. The fraction of sp³-hybridized carbons (Fsp3) is 0.296. The Morgan fingerprint density at radius 2 is 1.70 bits per heavy atom. The number of likely N-dealkylation sites (tertiary alicyclic amines) is 1. The minimum atomic E-state index is -0.0824. The lowest BCUT2D eigenvalue weighted by molar-refractivity contribution is -0.126. The number of piperidine rings is 1. The van der Waals surface area contributed by atoms with Crippen LogP contribution in [-0.4, -0.2) is 39.4 Å². The van der Waals surface area contributed by atoms with Crippen LogP contribution in [0.1, 0.15) is 35.9 Å². The quantitative estimate of drug-likeness (QED) is 0.501. The summed E-state index contributed by atoms with van der Waals surface area (Å²) in [5.74, 6) is 0.876. The molecular formula is C27H28N4O2. The molecule has 168 valence electrons. The number of hydrogen-bond acceptors (Lipinski definition) is 3. The first kappa shape index (κ1) is 21.2. The first-order valence-electron chi connectivity index (χ1n) is 11.6. The van der Waals surface area contributed by atoms with Crippen LogP contribution in [-0.2, 0) is 17.9 Å². The molecule has 1 aromatic heterocycles. The number of nitrogens with one attached hydrogen (secondary N) is 1. The highest BCUT2D eigenvalue weighted by Gasteiger charge is 2.28. The van der Waals surface area contributed by atoms with Gasteiger partial charge < -0.3 is 14.8 Å². The van der Waals surface area contributed by atoms with E-state index >= 15 is 0 Å². The summed E-state index contributed by atoms with van der Waals surface area (Å²) in [6, 6.07) is 21.8. The maximum absolute atomic E-state index is 13.2. The first-order valence-corrected chi connectivity index (χ1v) is 11.6. The molecule has 1 fully saturated rings. The van der Waals surface area contributed by atoms with E-state index in [1.807, 2.05) is 65.6 Å². The molecule has 0 radical (unpaired) electrons. The third-order valence-corrected chi connectivity index (χ3v) is 6.64. The zero-order valence-corrected chi connectivity index (χ0v) is 18.8. The summed E-state index contributed by atoms with van der Waals surface area (Å²) in [4.78, 5) is 32.6. The van der Waals surface area contributed by atoms with Gasteiger partial charge in [0, 0.05) is 31.1 Å². The number of para-hydroxylation sites is 2. The number of carbonyl (C=O) groups is 2. The second-order valence-corrected chi connectivity index (χ2v) is 8.57. The van der Waals surface area contributed by atoms with E-state index in [2.05, 4.69) is 27.9 Å². The number of aromatic nitrogens is 2. The Hall–Kier alpha value is -3.67. The zero-order valence-electron chi connectivity index (χ0n) is 18.8. The van der Waals surface area contributed by atoms with E-state index in [0.29, 0.717) is 32.5 Å². The lowest BCUT2D eigenvalue weighted by atomic mass is 9.95. The number of carbonyl (C=O) groups excluding carboxylic acids is 2. The summed E-state index contributed by atoms with van der Waals surface area (Å²) in [7, 11) is 0. The molecule has 1 saturated heterocycles. The summed E-state index contributed by atoms with van der Waals surface area (Å²) in [6.07, 6.45) is 1.35. The summed E-state index contributed by atoms with van der Waals surface area (Å²) < 4.78 is 2.14. The van der Waals surface area contributed by atoms with E-state index in [1.165, 1.54) is 0 Å². The van der Waals surface area contributed by atoms with E-state index in [1.54, 1.807) is 0 Å². The molecule has 6 heteroatoms. The summed E-state index contributed by atoms with van der Waals surface area (Å²) in [6.45, 7) is 4.49. The number of amides is 2. The minimum absolute atomic E-state index is 0.0435. The van der Waals surface area contributed by atoms with Crippen LogP contribution >= 0.6 is 0 Å². The predicted molar refractivity (Wildman–Crippen MR) is 130 cm³/mol. The van der Waals surface area contributed by atoms with Crippen LogP contribution in [0, 0.1) is 5.92 Å². The normalized spacial score (nSPS) is 14.6. The molecule has 4 aromatic rings. The van der Waals surface area contributed by atoms with Crippen molar-refractivity contribution in [3.05, 3.63) is 78.1 Å². The van der Waals surface area contributed by atoms with Crippen molar-refractivity contribution in [1.29, 1.82) is 0 Å². The van der Waals surface area contributed by atoms with E-state index in [0.717, 1.165) is 39.7 Å². The van der Waals surface area contributed by atoms with Crippen LogP contribution in [0.5, 0.6) is 0 Å². The molecule has 3 aromatic carbocycles. The average Bonchev–Trinajstić information content (AvgIpc) is 3.24. The average molecular weight is 441 g/mol. The topological polar surface area (TPSA) is 67.2 Å². The molecular weight excluding hydrogens is 412 g/mol. The Morgan fingerprint density at radius 1 is 0.970 bits per heavy atom. The van der Waals surface area contributed by atoms with E-state index < -0.39 is 0 Å². The lowest BCUT2D eigenvalue weighted by Gasteiger charge is -2.31. The van der Waals surface area contributed by atoms with Gasteiger partial charge in [-0.3, -0.25) is 9.59 Å². The summed E-state index contributed by atoms with van der Waals surface area (Å²) >= 11 is 0. The van der Waals surface area contributed by atoms with Gasteiger partial charge in [-0.25, -0.2) is 4.98 Å². The van der Waals surface area contributed by atoms with Crippen molar-refractivity contribution in [2.45, 2.75) is 32.9 Å². The van der Waals surface area contributed by atoms with Crippen LogP contribution in [0.3, 0.4) is 0 Å². The van der Waals surface area contributed by atoms with Gasteiger partial charge in [0.05, 0.1) is 17.6 Å². The number of aryl methyl sites for hydroxylation is 1. The number of fused-ring (bicyclic) bond motifs is 2. The molecule has 1 aliphatic heterocycles. The van der Waals surface area contributed by atoms with Gasteiger partial charge in [-0.1, -0.05) is 48.5 Å². The molecule has 6 nitrogen and oxygen atoms in total. The number of imidazole rings is 1. The molecule has 1 N–H and O–H groups in total. The van der Waals surface area contributed by atoms with Crippen molar-refractivity contribution in [2.24, 2.45) is 5.92 Å². The Bertz CT molecular complexity index is 1310. The second-order valence-electron chi connectivity index (χ2n) is 8.57. The number of benzene rings is 3. The fourth-order valence-electron chi connectivity index (χ4n) is 4.85. The highest BCUT2D eigenvalue weighted by Crippen LogP contribution is 2.24. The van der Waals surface area contributed by atoms with Crippen LogP contribution in [0.2, 0.25) is 0 Å². The van der Waals surface area contributed by atoms with Crippen molar-refractivity contribution in [1.82, 2.24) is 19.8 Å². The highest BCUT2D eigenvalue weighted by molar-refractivity contribution is 6.07. The third-order valence-electron chi connectivity index (χ3n) is 6.64. The highest BCUT2D eigenvalue weighted by atomic mass is 16.2. The van der Waals surface area contributed by atoms with Gasteiger partial charge in [0.2, 0.25) is 5.91 Å². The smallest absolute Gasteiger partial charge is 0.254 e. The number of nitrogens with zero attached hydrogens (tertiary/aromatic N) is 3. The molecule has 5 rings (SSSR count). The molecule has 33 heavy (non-hydrogen) atoms. The first-order chi connectivity index (χ1) is 16.2. The largest absolute Gasteiger partial charge is 0.349 e. The van der Waals surface area contributed by atoms with Crippen LogP contribution in [0.4, 0.5) is 0 Å². The van der Waals surface area contributed by atoms with Crippen molar-refractivity contribution < 1.29 is 9.59 Å². The molecule has 0 saturated carbocycles. The van der Waals surface area contributed by atoms with Crippen molar-refractivity contribution >= 4 is 33.6 Å². The summed E-state index contributed by atoms with van der Waals surface area (Å²) in [5.41, 5.74) is 2.77. The minimum Gasteiger partial charge on any atom is -0.349 e. The second kappa shape index (κ2) is 9.06. The van der Waals surface area contributed by atoms with Crippen molar-refractivity contribution in [3.63, 3.8) is 0 Å². The molecule has 0 unspecified atom stereocenters. The molecule has 0 atom stereocenters. The Morgan fingerprint density at radius 3 is 2.52 bits per heavy atom. The van der Waals surface area contributed by atoms with Crippen LogP contribution in [0.15, 0.2) is 66.7 Å². The molecule has 0 spiro atoms. The lowest BCUT2D eigenvalue weighted by Crippen LogP contribution is -2.43. The van der Waals surface area contributed by atoms with Gasteiger partial charge in [0.1, 0.15) is 5.82 Å². The van der Waals surface area contributed by atoms with Crippen molar-refractivity contribution in [2.75, 3.05) is 13.1 Å². The van der Waals surface area contributed by atoms with Gasteiger partial charge in [0.25, 0.3) is 5.91 Å². The predicted octanol–water partition coefficient (Wildman–Crippen LogP) is 4.38. The standard InChI is InChI=1S/C27H28N4O2/c1-2-31-24-13-6-5-12-23(24)29-25(31)18-28-26(32)20-14-16-30(17-15-20)27(33)22-11-7-9-19-8-3-4-10-21(19)22/h3-13,20H,2,14-18H2,1H3,(H,28,32). The third kappa shape index (κ3) is 4.09. The number of rotatable bonds is 5. The van der Waals surface area contributed by atoms with E-state index in [9.17, 15) is 9.59 Å². The van der Waals surface area contributed by atoms with Gasteiger partial charge >= 0.3 is 0 Å². The van der Waals surface area contributed by atoms with Gasteiger partial charge in [-0.15, -0.1) is 0 Å². The SMILES string of the molecule is CCn1c(CNC(=O)C2CCN(C(=O)c3cccc4ccccc34)CC2)nc2ccccc21. The van der Waals surface area contributed by atoms with E-state index in [-0.39, 0.29) is 17.7 Å². The molecule has 2 amide bonds. The molecule has 2 heterocycles. The van der Waals surface area contributed by atoms with Gasteiger partial charge in [-0.05, 0) is 48.7 Å². The Balaban J connectivity index is 1.21. The van der Waals surface area contributed by atoms with Gasteiger partial charge in [0.15, 0.2) is 0 Å². The zero-order chi connectivity index (χ0) is 22.8. The summed E-state index contributed by atoms with van der Waals surface area (Å²) in [5, 5.41) is 5.12.